The molecular weight excluding hydrogens is 338 g/mol. The van der Waals surface area contributed by atoms with E-state index in [0.29, 0.717) is 18.5 Å². The van der Waals surface area contributed by atoms with Gasteiger partial charge in [0, 0.05) is 12.1 Å². The lowest BCUT2D eigenvalue weighted by Gasteiger charge is -2.32. The van der Waals surface area contributed by atoms with E-state index in [-0.39, 0.29) is 5.91 Å². The molecule has 27 heavy (non-hydrogen) atoms. The molecule has 1 saturated carbocycles. The molecule has 1 atom stereocenters. The summed E-state index contributed by atoms with van der Waals surface area (Å²) in [6, 6.07) is 15.3. The quantitative estimate of drug-likeness (QED) is 0.716. The molecule has 2 aromatic rings. The van der Waals surface area contributed by atoms with Gasteiger partial charge in [-0.15, -0.1) is 0 Å². The molecular formula is C23H29NO3. The van der Waals surface area contributed by atoms with Gasteiger partial charge in [0.15, 0.2) is 0 Å². The van der Waals surface area contributed by atoms with Gasteiger partial charge < -0.3 is 15.5 Å². The second kappa shape index (κ2) is 8.68. The molecule has 1 fully saturated rings. The molecule has 4 nitrogen and oxygen atoms in total. The number of rotatable bonds is 6. The van der Waals surface area contributed by atoms with Gasteiger partial charge in [0.1, 0.15) is 0 Å². The Balaban J connectivity index is 1.61. The van der Waals surface area contributed by atoms with Gasteiger partial charge >= 0.3 is 0 Å². The van der Waals surface area contributed by atoms with Crippen LogP contribution in [0.15, 0.2) is 48.5 Å². The van der Waals surface area contributed by atoms with E-state index in [2.05, 4.69) is 5.32 Å². The SMILES string of the molecule is CC[C@@H](O)c1ccc(-c2ccc(C(=O)NCC3(O)CCCCC3)cc2)cc1. The first-order valence-electron chi connectivity index (χ1n) is 9.90. The molecule has 0 radical (unpaired) electrons. The molecule has 0 aliphatic heterocycles. The Labute approximate surface area is 161 Å². The zero-order chi connectivity index (χ0) is 19.3. The van der Waals surface area contributed by atoms with E-state index in [0.717, 1.165) is 48.8 Å². The third-order valence-corrected chi connectivity index (χ3v) is 5.52. The Morgan fingerprint density at radius 1 is 1.00 bits per heavy atom. The molecule has 4 heteroatoms. The minimum Gasteiger partial charge on any atom is -0.388 e. The van der Waals surface area contributed by atoms with E-state index in [1.54, 1.807) is 0 Å². The highest BCUT2D eigenvalue weighted by Crippen LogP contribution is 2.27. The van der Waals surface area contributed by atoms with Crippen molar-refractivity contribution in [1.82, 2.24) is 5.32 Å². The van der Waals surface area contributed by atoms with E-state index in [9.17, 15) is 15.0 Å². The Hall–Kier alpha value is -2.17. The zero-order valence-electron chi connectivity index (χ0n) is 15.9. The van der Waals surface area contributed by atoms with E-state index < -0.39 is 11.7 Å². The first-order valence-corrected chi connectivity index (χ1v) is 9.90. The molecule has 3 N–H and O–H groups in total. The summed E-state index contributed by atoms with van der Waals surface area (Å²) >= 11 is 0. The maximum Gasteiger partial charge on any atom is 0.251 e. The second-order valence-electron chi connectivity index (χ2n) is 7.59. The highest BCUT2D eigenvalue weighted by Gasteiger charge is 2.29. The highest BCUT2D eigenvalue weighted by molar-refractivity contribution is 5.94. The summed E-state index contributed by atoms with van der Waals surface area (Å²) in [5.74, 6) is -0.151. The van der Waals surface area contributed by atoms with Crippen LogP contribution in [0.5, 0.6) is 0 Å². The zero-order valence-corrected chi connectivity index (χ0v) is 15.9. The third-order valence-electron chi connectivity index (χ3n) is 5.52. The predicted octanol–water partition coefficient (Wildman–Crippen LogP) is 4.22. The van der Waals surface area contributed by atoms with Gasteiger partial charge in [0.2, 0.25) is 0 Å². The van der Waals surface area contributed by atoms with Crippen molar-refractivity contribution in [2.75, 3.05) is 6.54 Å². The number of aliphatic hydroxyl groups excluding tert-OH is 1. The van der Waals surface area contributed by atoms with Crippen LogP contribution in [0.3, 0.4) is 0 Å². The number of benzene rings is 2. The predicted molar refractivity (Wildman–Crippen MR) is 107 cm³/mol. The average molecular weight is 367 g/mol. The minimum atomic E-state index is -0.751. The molecule has 0 bridgehead atoms. The normalized spacial score (nSPS) is 17.3. The van der Waals surface area contributed by atoms with Gasteiger partial charge in [-0.2, -0.15) is 0 Å². The average Bonchev–Trinajstić information content (AvgIpc) is 2.72. The monoisotopic (exact) mass is 367 g/mol. The Bertz CT molecular complexity index is 746. The van der Waals surface area contributed by atoms with Crippen LogP contribution in [0.1, 0.15) is 67.5 Å². The molecule has 0 unspecified atom stereocenters. The molecule has 2 aromatic carbocycles. The Morgan fingerprint density at radius 2 is 1.56 bits per heavy atom. The number of carbonyl (C=O) groups is 1. The molecule has 144 valence electrons. The van der Waals surface area contributed by atoms with Crippen LogP contribution in [0.25, 0.3) is 11.1 Å². The van der Waals surface area contributed by atoms with Gasteiger partial charge in [-0.3, -0.25) is 4.79 Å². The summed E-state index contributed by atoms with van der Waals surface area (Å²) in [7, 11) is 0. The first kappa shape index (κ1) is 19.6. The van der Waals surface area contributed by atoms with Crippen molar-refractivity contribution in [3.63, 3.8) is 0 Å². The molecule has 0 heterocycles. The highest BCUT2D eigenvalue weighted by atomic mass is 16.3. The molecule has 1 aliphatic rings. The molecule has 0 spiro atoms. The largest absolute Gasteiger partial charge is 0.388 e. The van der Waals surface area contributed by atoms with Crippen molar-refractivity contribution in [1.29, 1.82) is 0 Å². The van der Waals surface area contributed by atoms with Crippen LogP contribution < -0.4 is 5.32 Å². The molecule has 0 saturated heterocycles. The number of aliphatic hydroxyl groups is 2. The van der Waals surface area contributed by atoms with Gasteiger partial charge in [0.25, 0.3) is 5.91 Å². The number of hydrogen-bond acceptors (Lipinski definition) is 3. The van der Waals surface area contributed by atoms with E-state index in [4.69, 9.17) is 0 Å². The lowest BCUT2D eigenvalue weighted by molar-refractivity contribution is 0.00525. The van der Waals surface area contributed by atoms with E-state index >= 15 is 0 Å². The standard InChI is InChI=1S/C23H29NO3/c1-2-21(25)19-10-6-17(7-11-19)18-8-12-20(13-9-18)22(26)24-16-23(27)14-4-3-5-15-23/h6-13,21,25,27H,2-5,14-16H2,1H3,(H,24,26)/t21-/m1/s1. The maximum atomic E-state index is 12.4. The fourth-order valence-electron chi connectivity index (χ4n) is 3.68. The topological polar surface area (TPSA) is 69.6 Å². The van der Waals surface area contributed by atoms with E-state index in [1.165, 1.54) is 0 Å². The smallest absolute Gasteiger partial charge is 0.251 e. The van der Waals surface area contributed by atoms with Crippen LogP contribution >= 0.6 is 0 Å². The summed E-state index contributed by atoms with van der Waals surface area (Å²) in [6.07, 6.45) is 4.99. The van der Waals surface area contributed by atoms with Crippen molar-refractivity contribution < 1.29 is 15.0 Å². The Kier molecular flexibility index (Phi) is 6.30. The van der Waals surface area contributed by atoms with Crippen molar-refractivity contribution in [3.05, 3.63) is 59.7 Å². The first-order chi connectivity index (χ1) is 13.0. The van der Waals surface area contributed by atoms with Gasteiger partial charge in [-0.05, 0) is 48.1 Å². The summed E-state index contributed by atoms with van der Waals surface area (Å²) in [5.41, 5.74) is 2.83. The summed E-state index contributed by atoms with van der Waals surface area (Å²) in [4.78, 5) is 12.4. The third kappa shape index (κ3) is 4.96. The lowest BCUT2D eigenvalue weighted by atomic mass is 9.85. The van der Waals surface area contributed by atoms with Crippen molar-refractivity contribution in [3.8, 4) is 11.1 Å². The molecule has 0 aromatic heterocycles. The second-order valence-corrected chi connectivity index (χ2v) is 7.59. The van der Waals surface area contributed by atoms with Crippen LogP contribution in [0, 0.1) is 0 Å². The fraction of sp³-hybridized carbons (Fsp3) is 0.435. The van der Waals surface area contributed by atoms with Gasteiger partial charge in [-0.1, -0.05) is 62.6 Å². The van der Waals surface area contributed by atoms with Crippen LogP contribution in [0.4, 0.5) is 0 Å². The van der Waals surface area contributed by atoms with Gasteiger partial charge in [0.05, 0.1) is 11.7 Å². The fourth-order valence-corrected chi connectivity index (χ4v) is 3.68. The summed E-state index contributed by atoms with van der Waals surface area (Å²) in [6.45, 7) is 2.27. The van der Waals surface area contributed by atoms with Crippen molar-refractivity contribution in [2.24, 2.45) is 0 Å². The number of hydrogen-bond donors (Lipinski definition) is 3. The van der Waals surface area contributed by atoms with Crippen LogP contribution in [-0.4, -0.2) is 28.3 Å². The maximum absolute atomic E-state index is 12.4. The van der Waals surface area contributed by atoms with Crippen LogP contribution in [0.2, 0.25) is 0 Å². The van der Waals surface area contributed by atoms with Gasteiger partial charge in [-0.25, -0.2) is 0 Å². The number of amides is 1. The van der Waals surface area contributed by atoms with E-state index in [1.807, 2.05) is 55.5 Å². The number of nitrogens with one attached hydrogen (secondary N) is 1. The number of carbonyl (C=O) groups excluding carboxylic acids is 1. The minimum absolute atomic E-state index is 0.151. The summed E-state index contributed by atoms with van der Waals surface area (Å²) < 4.78 is 0. The van der Waals surface area contributed by atoms with Crippen molar-refractivity contribution >= 4 is 5.91 Å². The summed E-state index contributed by atoms with van der Waals surface area (Å²) in [5, 5.41) is 23.3. The molecule has 1 amide bonds. The molecule has 1 aliphatic carbocycles. The van der Waals surface area contributed by atoms with Crippen molar-refractivity contribution in [2.45, 2.75) is 57.2 Å². The Morgan fingerprint density at radius 3 is 2.11 bits per heavy atom. The van der Waals surface area contributed by atoms with Crippen LogP contribution in [-0.2, 0) is 0 Å². The lowest BCUT2D eigenvalue weighted by Crippen LogP contribution is -2.44. The molecule has 3 rings (SSSR count).